The van der Waals surface area contributed by atoms with Gasteiger partial charge in [-0.1, -0.05) is 0 Å². The van der Waals surface area contributed by atoms with E-state index in [0.717, 1.165) is 0 Å². The third-order valence-corrected chi connectivity index (χ3v) is 7.69. The van der Waals surface area contributed by atoms with Gasteiger partial charge in [-0.15, -0.1) is 0 Å². The number of nitrogens with one attached hydrogen (secondary N) is 3. The number of nitrogens with zero attached hydrogens (tertiary/aromatic N) is 6. The maximum absolute atomic E-state index is 13.5. The number of aromatic nitrogens is 5. The average Bonchev–Trinajstić information content (AvgIpc) is 3.00. The van der Waals surface area contributed by atoms with E-state index >= 15 is 0 Å². The fraction of sp³-hybridized carbons (Fsp3) is 0.500. The number of carbonyl (C=O) groups excluding carboxylic acids is 1. The lowest BCUT2D eigenvalue weighted by atomic mass is 9.88. The first-order chi connectivity index (χ1) is 21.8. The van der Waals surface area contributed by atoms with Crippen LogP contribution in [0.1, 0.15) is 44.1 Å². The number of halogens is 7. The number of rotatable bonds is 10. The molecule has 2 aliphatic carbocycles. The average molecular weight is 658 g/mol. The predicted octanol–water partition coefficient (Wildman–Crippen LogP) is 5.77. The highest BCUT2D eigenvalue weighted by Gasteiger charge is 2.46. The van der Waals surface area contributed by atoms with Crippen LogP contribution in [0.15, 0.2) is 36.9 Å². The fourth-order valence-corrected chi connectivity index (χ4v) is 5.36. The summed E-state index contributed by atoms with van der Waals surface area (Å²) in [4.78, 5) is 34.6. The van der Waals surface area contributed by atoms with Gasteiger partial charge in [-0.2, -0.15) is 18.2 Å². The number of methoxy groups -OCH3 is 1. The molecule has 0 aliphatic heterocycles. The number of alkyl halides is 7. The Kier molecular flexibility index (Phi) is 9.62. The Morgan fingerprint density at radius 2 is 1.63 bits per heavy atom. The summed E-state index contributed by atoms with van der Waals surface area (Å²) >= 11 is 0. The number of anilines is 3. The Labute approximate surface area is 258 Å². The first-order valence-electron chi connectivity index (χ1n) is 14.3. The number of urea groups is 1. The first kappa shape index (κ1) is 32.9. The summed E-state index contributed by atoms with van der Waals surface area (Å²) in [6.45, 7) is -0.854. The Morgan fingerprint density at radius 3 is 2.20 bits per heavy atom. The minimum absolute atomic E-state index is 0.115. The standard InChI is InChI=1S/C28H30F7N9O2/c1-46-25-38-11-16(12-39-25)15-2-7-22(36-10-15)44(26(45)40-14-21(29)30)19-5-3-17(4-6-19)42-24-37-13-20(28(33,34)35)23(43-24)41-18-8-27(31,32)9-18/h2,7,10-13,17-19,21H,3-6,8-9,14H2,1H3,(H,40,45)(H2,37,41,42,43). The first-order valence-corrected chi connectivity index (χ1v) is 14.3. The van der Waals surface area contributed by atoms with Crippen molar-refractivity contribution in [2.45, 2.75) is 75.2 Å². The van der Waals surface area contributed by atoms with Crippen molar-refractivity contribution in [3.8, 4) is 17.1 Å². The van der Waals surface area contributed by atoms with Crippen LogP contribution in [0.2, 0.25) is 0 Å². The van der Waals surface area contributed by atoms with E-state index in [0.29, 0.717) is 43.0 Å². The van der Waals surface area contributed by atoms with Crippen LogP contribution in [0.3, 0.4) is 0 Å². The van der Waals surface area contributed by atoms with E-state index in [1.807, 2.05) is 0 Å². The Bertz CT molecular complexity index is 1480. The van der Waals surface area contributed by atoms with Crippen LogP contribution in [0.25, 0.3) is 11.1 Å². The monoisotopic (exact) mass is 657 g/mol. The second-order valence-corrected chi connectivity index (χ2v) is 11.0. The number of carbonyl (C=O) groups is 1. The van der Waals surface area contributed by atoms with Gasteiger partial charge in [0.2, 0.25) is 5.95 Å². The highest BCUT2D eigenvalue weighted by molar-refractivity contribution is 5.91. The summed E-state index contributed by atoms with van der Waals surface area (Å²) in [5.41, 5.74) is 0.110. The van der Waals surface area contributed by atoms with Crippen molar-refractivity contribution in [2.75, 3.05) is 29.2 Å². The smallest absolute Gasteiger partial charge is 0.421 e. The van der Waals surface area contributed by atoms with Gasteiger partial charge >= 0.3 is 18.2 Å². The van der Waals surface area contributed by atoms with E-state index in [9.17, 15) is 35.5 Å². The number of pyridine rings is 1. The van der Waals surface area contributed by atoms with Gasteiger partial charge in [0.25, 0.3) is 12.3 Å². The van der Waals surface area contributed by atoms with Gasteiger partial charge < -0.3 is 20.7 Å². The lowest BCUT2D eigenvalue weighted by molar-refractivity contribution is -0.137. The highest BCUT2D eigenvalue weighted by atomic mass is 19.4. The third-order valence-electron chi connectivity index (χ3n) is 7.69. The molecule has 2 aliphatic rings. The maximum Gasteiger partial charge on any atom is 0.421 e. The molecule has 248 valence electrons. The number of hydrogen-bond donors (Lipinski definition) is 3. The molecule has 2 saturated carbocycles. The second kappa shape index (κ2) is 13.5. The molecule has 0 atom stereocenters. The molecule has 3 aromatic rings. The Morgan fingerprint density at radius 1 is 0.957 bits per heavy atom. The van der Waals surface area contributed by atoms with E-state index in [4.69, 9.17) is 4.74 Å². The highest BCUT2D eigenvalue weighted by Crippen LogP contribution is 2.41. The van der Waals surface area contributed by atoms with Gasteiger partial charge in [0.1, 0.15) is 17.2 Å². The van der Waals surface area contributed by atoms with E-state index in [1.54, 1.807) is 12.1 Å². The van der Waals surface area contributed by atoms with Gasteiger partial charge in [-0.25, -0.2) is 42.3 Å². The molecular formula is C28H30F7N9O2. The van der Waals surface area contributed by atoms with Crippen molar-refractivity contribution >= 4 is 23.6 Å². The molecular weight excluding hydrogens is 627 g/mol. The minimum atomic E-state index is -4.80. The number of ether oxygens (including phenoxy) is 1. The summed E-state index contributed by atoms with van der Waals surface area (Å²) in [5.74, 6) is -3.41. The molecule has 0 radical (unpaired) electrons. The van der Waals surface area contributed by atoms with E-state index in [-0.39, 0.29) is 23.8 Å². The Hall–Kier alpha value is -4.51. The summed E-state index contributed by atoms with van der Waals surface area (Å²) < 4.78 is 97.9. The fourth-order valence-electron chi connectivity index (χ4n) is 5.36. The lowest BCUT2D eigenvalue weighted by Gasteiger charge is -2.37. The van der Waals surface area contributed by atoms with Crippen molar-refractivity contribution in [3.63, 3.8) is 0 Å². The molecule has 2 amide bonds. The van der Waals surface area contributed by atoms with Crippen LogP contribution >= 0.6 is 0 Å². The molecule has 3 heterocycles. The van der Waals surface area contributed by atoms with Gasteiger partial charge in [0.15, 0.2) is 0 Å². The second-order valence-electron chi connectivity index (χ2n) is 11.0. The van der Waals surface area contributed by atoms with Crippen molar-refractivity contribution in [1.29, 1.82) is 0 Å². The molecule has 0 saturated heterocycles. The van der Waals surface area contributed by atoms with Crippen molar-refractivity contribution in [1.82, 2.24) is 30.2 Å². The number of amides is 2. The maximum atomic E-state index is 13.5. The van der Waals surface area contributed by atoms with Crippen LogP contribution in [-0.4, -0.2) is 75.1 Å². The molecule has 11 nitrogen and oxygen atoms in total. The van der Waals surface area contributed by atoms with Crippen LogP contribution in [-0.2, 0) is 6.18 Å². The summed E-state index contributed by atoms with van der Waals surface area (Å²) in [7, 11) is 1.43. The van der Waals surface area contributed by atoms with Crippen molar-refractivity contribution < 1.29 is 40.3 Å². The van der Waals surface area contributed by atoms with Crippen LogP contribution in [0.4, 0.5) is 53.1 Å². The molecule has 3 N–H and O–H groups in total. The summed E-state index contributed by atoms with van der Waals surface area (Å²) in [6, 6.07) is 1.09. The molecule has 46 heavy (non-hydrogen) atoms. The molecule has 5 rings (SSSR count). The molecule has 2 fully saturated rings. The molecule has 0 spiro atoms. The van der Waals surface area contributed by atoms with Gasteiger partial charge in [-0.05, 0) is 37.8 Å². The van der Waals surface area contributed by atoms with Gasteiger partial charge in [0, 0.05) is 66.9 Å². The van der Waals surface area contributed by atoms with E-state index in [1.165, 1.54) is 30.6 Å². The van der Waals surface area contributed by atoms with Crippen molar-refractivity contribution in [2.24, 2.45) is 0 Å². The molecule has 18 heteroatoms. The van der Waals surface area contributed by atoms with E-state index < -0.39 is 67.4 Å². The lowest BCUT2D eigenvalue weighted by Crippen LogP contribution is -2.50. The predicted molar refractivity (Wildman–Crippen MR) is 152 cm³/mol. The summed E-state index contributed by atoms with van der Waals surface area (Å²) in [5, 5.41) is 7.68. The Balaban J connectivity index is 1.27. The van der Waals surface area contributed by atoms with Gasteiger partial charge in [-0.3, -0.25) is 4.90 Å². The van der Waals surface area contributed by atoms with Crippen LogP contribution in [0.5, 0.6) is 6.01 Å². The zero-order valence-electron chi connectivity index (χ0n) is 24.4. The minimum Gasteiger partial charge on any atom is -0.467 e. The quantitative estimate of drug-likeness (QED) is 0.233. The normalized spacial score (nSPS) is 19.7. The molecule has 0 bridgehead atoms. The van der Waals surface area contributed by atoms with Crippen LogP contribution in [0, 0.1) is 0 Å². The van der Waals surface area contributed by atoms with Crippen LogP contribution < -0.4 is 25.6 Å². The topological polar surface area (TPSA) is 130 Å². The zero-order valence-corrected chi connectivity index (χ0v) is 24.4. The molecule has 0 unspecified atom stereocenters. The number of hydrogen-bond acceptors (Lipinski definition) is 9. The van der Waals surface area contributed by atoms with E-state index in [2.05, 4.69) is 40.9 Å². The van der Waals surface area contributed by atoms with Crippen molar-refractivity contribution in [3.05, 3.63) is 42.5 Å². The summed E-state index contributed by atoms with van der Waals surface area (Å²) in [6.07, 6.45) is -1.97. The largest absolute Gasteiger partial charge is 0.467 e. The molecule has 0 aromatic carbocycles. The SMILES string of the molecule is COc1ncc(-c2ccc(N(C(=O)NCC(F)F)C3CCC(Nc4ncc(C(F)(F)F)c(NC5CC(F)(F)C5)n4)CC3)nc2)cn1. The van der Waals surface area contributed by atoms with Gasteiger partial charge in [0.05, 0.1) is 13.7 Å². The zero-order chi connectivity index (χ0) is 33.1. The molecule has 3 aromatic heterocycles. The third kappa shape index (κ3) is 8.00.